The van der Waals surface area contributed by atoms with Crippen molar-refractivity contribution in [3.8, 4) is 5.75 Å². The predicted octanol–water partition coefficient (Wildman–Crippen LogP) is 3.98. The summed E-state index contributed by atoms with van der Waals surface area (Å²) in [5.41, 5.74) is 2.73. The van der Waals surface area contributed by atoms with Crippen LogP contribution in [-0.2, 0) is 0 Å². The van der Waals surface area contributed by atoms with Gasteiger partial charge in [0.15, 0.2) is 0 Å². The first-order valence-corrected chi connectivity index (χ1v) is 8.12. The van der Waals surface area contributed by atoms with Gasteiger partial charge in [-0.3, -0.25) is 4.79 Å². The topological polar surface area (TPSA) is 64.1 Å². The highest BCUT2D eigenvalue weighted by molar-refractivity contribution is 7.00. The molecule has 0 radical (unpaired) electrons. The van der Waals surface area contributed by atoms with Gasteiger partial charge >= 0.3 is 0 Å². The third kappa shape index (κ3) is 3.65. The van der Waals surface area contributed by atoms with Crippen molar-refractivity contribution in [3.63, 3.8) is 0 Å². The van der Waals surface area contributed by atoms with Crippen molar-refractivity contribution in [1.29, 1.82) is 0 Å². The molecule has 118 valence electrons. The summed E-state index contributed by atoms with van der Waals surface area (Å²) in [7, 11) is 0. The molecule has 1 heterocycles. The van der Waals surface area contributed by atoms with Crippen LogP contribution in [0.3, 0.4) is 0 Å². The summed E-state index contributed by atoms with van der Waals surface area (Å²) in [5.74, 6) is 1.05. The number of hydrogen-bond acceptors (Lipinski definition) is 5. The van der Waals surface area contributed by atoms with Crippen LogP contribution < -0.4 is 10.1 Å². The molecule has 3 rings (SSSR count). The highest BCUT2D eigenvalue weighted by atomic mass is 32.1. The lowest BCUT2D eigenvalue weighted by atomic mass is 10.2. The van der Waals surface area contributed by atoms with Crippen LogP contribution in [0.2, 0.25) is 0 Å². The third-order valence-electron chi connectivity index (χ3n) is 3.23. The molecule has 0 aliphatic rings. The summed E-state index contributed by atoms with van der Waals surface area (Å²) in [6.07, 6.45) is 0. The van der Waals surface area contributed by atoms with Gasteiger partial charge in [-0.05, 0) is 42.3 Å². The molecule has 2 aromatic carbocycles. The Morgan fingerprint density at radius 2 is 1.96 bits per heavy atom. The number of nitrogens with zero attached hydrogens (tertiary/aromatic N) is 2. The summed E-state index contributed by atoms with van der Waals surface area (Å²) in [4.78, 5) is 12.4. The molecule has 0 aliphatic heterocycles. The maximum atomic E-state index is 12.4. The SMILES string of the molecule is CC(C)COc1ccc(C(=O)Nc2cccc3nsnc23)cc1. The van der Waals surface area contributed by atoms with Crippen LogP contribution in [0.4, 0.5) is 5.69 Å². The van der Waals surface area contributed by atoms with Crippen LogP contribution >= 0.6 is 11.7 Å². The first-order valence-electron chi connectivity index (χ1n) is 7.39. The van der Waals surface area contributed by atoms with Gasteiger partial charge in [-0.15, -0.1) is 0 Å². The van der Waals surface area contributed by atoms with Gasteiger partial charge in [-0.1, -0.05) is 19.9 Å². The van der Waals surface area contributed by atoms with Crippen molar-refractivity contribution < 1.29 is 9.53 Å². The Labute approximate surface area is 138 Å². The molecule has 0 fully saturated rings. The maximum Gasteiger partial charge on any atom is 0.255 e. The second kappa shape index (κ2) is 6.75. The fourth-order valence-electron chi connectivity index (χ4n) is 2.07. The zero-order valence-corrected chi connectivity index (χ0v) is 13.8. The zero-order valence-electron chi connectivity index (χ0n) is 12.9. The predicted molar refractivity (Wildman–Crippen MR) is 92.1 cm³/mol. The molecule has 3 aromatic rings. The van der Waals surface area contributed by atoms with Gasteiger partial charge in [0.1, 0.15) is 16.8 Å². The maximum absolute atomic E-state index is 12.4. The number of carbonyl (C=O) groups excluding carboxylic acids is 1. The molecule has 5 nitrogen and oxygen atoms in total. The monoisotopic (exact) mass is 327 g/mol. The number of nitrogens with one attached hydrogen (secondary N) is 1. The Morgan fingerprint density at radius 1 is 1.17 bits per heavy atom. The van der Waals surface area contributed by atoms with E-state index in [1.54, 1.807) is 12.1 Å². The largest absolute Gasteiger partial charge is 0.493 e. The lowest BCUT2D eigenvalue weighted by molar-refractivity contribution is 0.102. The average Bonchev–Trinajstić information content (AvgIpc) is 3.03. The lowest BCUT2D eigenvalue weighted by Crippen LogP contribution is -2.12. The van der Waals surface area contributed by atoms with E-state index in [1.807, 2.05) is 30.3 Å². The minimum Gasteiger partial charge on any atom is -0.493 e. The van der Waals surface area contributed by atoms with E-state index in [0.29, 0.717) is 29.3 Å². The molecule has 0 atom stereocenters. The summed E-state index contributed by atoms with van der Waals surface area (Å²) < 4.78 is 14.0. The fraction of sp³-hybridized carbons (Fsp3) is 0.235. The van der Waals surface area contributed by atoms with Crippen LogP contribution in [0, 0.1) is 5.92 Å². The van der Waals surface area contributed by atoms with E-state index in [2.05, 4.69) is 27.9 Å². The number of fused-ring (bicyclic) bond motifs is 1. The molecule has 0 bridgehead atoms. The normalized spacial score (nSPS) is 10.9. The van der Waals surface area contributed by atoms with Gasteiger partial charge in [0.25, 0.3) is 5.91 Å². The van der Waals surface area contributed by atoms with Crippen LogP contribution in [-0.4, -0.2) is 21.3 Å². The van der Waals surface area contributed by atoms with Crippen molar-refractivity contribution in [3.05, 3.63) is 48.0 Å². The van der Waals surface area contributed by atoms with Gasteiger partial charge in [-0.2, -0.15) is 8.75 Å². The highest BCUT2D eigenvalue weighted by Crippen LogP contribution is 2.22. The third-order valence-corrected chi connectivity index (χ3v) is 3.78. The number of carbonyl (C=O) groups is 1. The molecular weight excluding hydrogens is 310 g/mol. The first-order chi connectivity index (χ1) is 11.1. The number of anilines is 1. The summed E-state index contributed by atoms with van der Waals surface area (Å²) in [6, 6.07) is 12.7. The van der Waals surface area contributed by atoms with E-state index in [0.717, 1.165) is 23.0 Å². The Morgan fingerprint density at radius 3 is 2.70 bits per heavy atom. The van der Waals surface area contributed by atoms with Gasteiger partial charge in [0.2, 0.25) is 0 Å². The van der Waals surface area contributed by atoms with Crippen molar-refractivity contribution >= 4 is 34.4 Å². The number of benzene rings is 2. The summed E-state index contributed by atoms with van der Waals surface area (Å²) >= 11 is 1.13. The molecule has 0 unspecified atom stereocenters. The van der Waals surface area contributed by atoms with E-state index in [-0.39, 0.29) is 5.91 Å². The second-order valence-electron chi connectivity index (χ2n) is 5.62. The van der Waals surface area contributed by atoms with Crippen LogP contribution in [0.15, 0.2) is 42.5 Å². The lowest BCUT2D eigenvalue weighted by Gasteiger charge is -2.09. The van der Waals surface area contributed by atoms with Gasteiger partial charge in [0.05, 0.1) is 24.0 Å². The van der Waals surface area contributed by atoms with E-state index >= 15 is 0 Å². The van der Waals surface area contributed by atoms with Gasteiger partial charge in [0, 0.05) is 5.56 Å². The quantitative estimate of drug-likeness (QED) is 0.770. The fourth-order valence-corrected chi connectivity index (χ4v) is 2.62. The molecule has 23 heavy (non-hydrogen) atoms. The minimum absolute atomic E-state index is 0.180. The van der Waals surface area contributed by atoms with E-state index in [1.165, 1.54) is 0 Å². The first kappa shape index (κ1) is 15.4. The number of aromatic nitrogens is 2. The Hall–Kier alpha value is -2.47. The Balaban J connectivity index is 1.72. The number of amides is 1. The van der Waals surface area contributed by atoms with Crippen molar-refractivity contribution in [2.45, 2.75) is 13.8 Å². The van der Waals surface area contributed by atoms with Crippen LogP contribution in [0.25, 0.3) is 11.0 Å². The number of ether oxygens (including phenoxy) is 1. The molecule has 0 aliphatic carbocycles. The molecule has 6 heteroatoms. The van der Waals surface area contributed by atoms with Crippen LogP contribution in [0.1, 0.15) is 24.2 Å². The van der Waals surface area contributed by atoms with Gasteiger partial charge < -0.3 is 10.1 Å². The standard InChI is InChI=1S/C17H17N3O2S/c1-11(2)10-22-13-8-6-12(7-9-13)17(21)18-14-4-3-5-15-16(14)20-23-19-15/h3-9,11H,10H2,1-2H3,(H,18,21). The molecule has 0 spiro atoms. The molecule has 1 aromatic heterocycles. The second-order valence-corrected chi connectivity index (χ2v) is 6.15. The Bertz CT molecular complexity index is 812. The number of rotatable bonds is 5. The molecular formula is C17H17N3O2S. The van der Waals surface area contributed by atoms with Crippen molar-refractivity contribution in [1.82, 2.24) is 8.75 Å². The smallest absolute Gasteiger partial charge is 0.255 e. The van der Waals surface area contributed by atoms with Crippen LogP contribution in [0.5, 0.6) is 5.75 Å². The van der Waals surface area contributed by atoms with Crippen molar-refractivity contribution in [2.75, 3.05) is 11.9 Å². The molecule has 0 saturated heterocycles. The highest BCUT2D eigenvalue weighted by Gasteiger charge is 2.10. The summed E-state index contributed by atoms with van der Waals surface area (Å²) in [5, 5.41) is 2.88. The van der Waals surface area contributed by atoms with E-state index in [9.17, 15) is 4.79 Å². The Kier molecular flexibility index (Phi) is 4.52. The van der Waals surface area contributed by atoms with E-state index in [4.69, 9.17) is 4.74 Å². The van der Waals surface area contributed by atoms with Crippen molar-refractivity contribution in [2.24, 2.45) is 5.92 Å². The van der Waals surface area contributed by atoms with E-state index < -0.39 is 0 Å². The molecule has 0 saturated carbocycles. The average molecular weight is 327 g/mol. The number of hydrogen-bond donors (Lipinski definition) is 1. The molecule has 1 N–H and O–H groups in total. The summed E-state index contributed by atoms with van der Waals surface area (Å²) in [6.45, 7) is 4.84. The molecule has 1 amide bonds. The zero-order chi connectivity index (χ0) is 16.2. The minimum atomic E-state index is -0.180. The van der Waals surface area contributed by atoms with Gasteiger partial charge in [-0.25, -0.2) is 0 Å².